The first kappa shape index (κ1) is 17.1. The first-order valence-electron chi connectivity index (χ1n) is 7.29. The molecule has 26 heavy (non-hydrogen) atoms. The van der Waals surface area contributed by atoms with Gasteiger partial charge in [0.05, 0.1) is 10.4 Å². The van der Waals surface area contributed by atoms with Gasteiger partial charge in [-0.2, -0.15) is 0 Å². The molecule has 0 spiro atoms. The van der Waals surface area contributed by atoms with E-state index in [0.29, 0.717) is 27.5 Å². The molecule has 0 atom stereocenters. The first-order chi connectivity index (χ1) is 12.4. The number of carbonyl (C=O) groups is 2. The predicted molar refractivity (Wildman–Crippen MR) is 100 cm³/mol. The van der Waals surface area contributed by atoms with Crippen molar-refractivity contribution in [2.45, 2.75) is 0 Å². The lowest BCUT2D eigenvalue weighted by atomic mass is 10.1. The van der Waals surface area contributed by atoms with Crippen LogP contribution in [0.3, 0.4) is 0 Å². The number of aliphatic carboxylic acids is 1. The van der Waals surface area contributed by atoms with E-state index in [4.69, 9.17) is 38.4 Å². The SMILES string of the molecule is O=C(O)CN1C(=O)/C(=C/c2cc3cc4c(cc3nc2Cl)OCO4)SC1=S. The van der Waals surface area contributed by atoms with Gasteiger partial charge >= 0.3 is 5.97 Å². The molecule has 2 aliphatic heterocycles. The standard InChI is InChI=1S/C16H9ClN2O5S2/c17-14-8(3-12-15(22)19(5-13(20)21)16(25)26-12)1-7-2-10-11(24-6-23-10)4-9(7)18-14/h1-4H,5-6H2,(H,20,21)/b12-3-. The van der Waals surface area contributed by atoms with Crippen molar-refractivity contribution in [2.75, 3.05) is 13.3 Å². The Morgan fingerprint density at radius 2 is 2.12 bits per heavy atom. The maximum Gasteiger partial charge on any atom is 0.323 e. The van der Waals surface area contributed by atoms with E-state index in [1.807, 2.05) is 0 Å². The highest BCUT2D eigenvalue weighted by Crippen LogP contribution is 2.38. The van der Waals surface area contributed by atoms with Gasteiger partial charge in [-0.25, -0.2) is 4.98 Å². The second-order valence-electron chi connectivity index (χ2n) is 5.43. The molecule has 4 rings (SSSR count). The number of carbonyl (C=O) groups excluding carboxylic acids is 1. The number of thioether (sulfide) groups is 1. The molecule has 7 nitrogen and oxygen atoms in total. The smallest absolute Gasteiger partial charge is 0.323 e. The molecule has 1 saturated heterocycles. The fourth-order valence-corrected chi connectivity index (χ4v) is 4.02. The van der Waals surface area contributed by atoms with Gasteiger partial charge in [-0.3, -0.25) is 14.5 Å². The van der Waals surface area contributed by atoms with E-state index in [-0.39, 0.29) is 16.3 Å². The molecule has 0 radical (unpaired) electrons. The number of aromatic nitrogens is 1. The highest BCUT2D eigenvalue weighted by atomic mass is 35.5. The van der Waals surface area contributed by atoms with Crippen LogP contribution in [-0.4, -0.2) is 44.5 Å². The van der Waals surface area contributed by atoms with Gasteiger partial charge in [0.15, 0.2) is 11.5 Å². The minimum absolute atomic E-state index is 0.151. The molecule has 0 unspecified atom stereocenters. The maximum absolute atomic E-state index is 12.4. The number of hydrogen-bond acceptors (Lipinski definition) is 7. The lowest BCUT2D eigenvalue weighted by Crippen LogP contribution is -2.33. The zero-order chi connectivity index (χ0) is 18.4. The first-order valence-corrected chi connectivity index (χ1v) is 8.90. The van der Waals surface area contributed by atoms with Crippen molar-refractivity contribution in [3.8, 4) is 11.5 Å². The van der Waals surface area contributed by atoms with Crippen LogP contribution in [0.5, 0.6) is 11.5 Å². The molecule has 1 fully saturated rings. The number of halogens is 1. The van der Waals surface area contributed by atoms with Crippen LogP contribution < -0.4 is 9.47 Å². The van der Waals surface area contributed by atoms with Gasteiger partial charge in [0, 0.05) is 17.0 Å². The van der Waals surface area contributed by atoms with Crippen molar-refractivity contribution >= 4 is 68.8 Å². The summed E-state index contributed by atoms with van der Waals surface area (Å²) in [6, 6.07) is 5.30. The summed E-state index contributed by atoms with van der Waals surface area (Å²) in [5, 5.41) is 9.87. The number of rotatable bonds is 3. The van der Waals surface area contributed by atoms with E-state index in [2.05, 4.69) is 4.98 Å². The monoisotopic (exact) mass is 408 g/mol. The molecule has 3 heterocycles. The largest absolute Gasteiger partial charge is 0.480 e. The maximum atomic E-state index is 12.4. The summed E-state index contributed by atoms with van der Waals surface area (Å²) < 4.78 is 10.9. The molecule has 1 N–H and O–H groups in total. The minimum atomic E-state index is -1.14. The molecular formula is C16H9ClN2O5S2. The van der Waals surface area contributed by atoms with Crippen LogP contribution in [-0.2, 0) is 9.59 Å². The lowest BCUT2D eigenvalue weighted by Gasteiger charge is -2.10. The zero-order valence-corrected chi connectivity index (χ0v) is 15.3. The van der Waals surface area contributed by atoms with Crippen LogP contribution >= 0.6 is 35.6 Å². The molecule has 2 aliphatic rings. The number of pyridine rings is 1. The highest BCUT2D eigenvalue weighted by molar-refractivity contribution is 8.26. The van der Waals surface area contributed by atoms with Crippen molar-refractivity contribution < 1.29 is 24.2 Å². The number of hydrogen-bond donors (Lipinski definition) is 1. The third-order valence-corrected chi connectivity index (χ3v) is 5.42. The molecule has 132 valence electrons. The van der Waals surface area contributed by atoms with Crippen LogP contribution in [0.1, 0.15) is 5.56 Å². The average molecular weight is 409 g/mol. The number of benzene rings is 1. The van der Waals surface area contributed by atoms with Crippen LogP contribution in [0.4, 0.5) is 0 Å². The van der Waals surface area contributed by atoms with E-state index in [1.54, 1.807) is 24.3 Å². The Morgan fingerprint density at radius 3 is 2.85 bits per heavy atom. The number of nitrogens with zero attached hydrogens (tertiary/aromatic N) is 2. The van der Waals surface area contributed by atoms with Gasteiger partial charge in [0.2, 0.25) is 6.79 Å². The van der Waals surface area contributed by atoms with E-state index in [9.17, 15) is 9.59 Å². The molecule has 0 saturated carbocycles. The second-order valence-corrected chi connectivity index (χ2v) is 7.46. The molecule has 2 aromatic rings. The summed E-state index contributed by atoms with van der Waals surface area (Å²) in [6.07, 6.45) is 1.56. The summed E-state index contributed by atoms with van der Waals surface area (Å²) in [6.45, 7) is -0.326. The van der Waals surface area contributed by atoms with Crippen molar-refractivity contribution in [3.63, 3.8) is 0 Å². The average Bonchev–Trinajstić information content (AvgIpc) is 3.13. The van der Waals surface area contributed by atoms with Crippen molar-refractivity contribution in [2.24, 2.45) is 0 Å². The van der Waals surface area contributed by atoms with Crippen LogP contribution in [0.15, 0.2) is 23.1 Å². The van der Waals surface area contributed by atoms with E-state index in [0.717, 1.165) is 22.0 Å². The molecule has 1 aromatic heterocycles. The van der Waals surface area contributed by atoms with E-state index >= 15 is 0 Å². The Labute approximate surface area is 161 Å². The van der Waals surface area contributed by atoms with E-state index < -0.39 is 18.4 Å². The normalized spacial score (nSPS) is 17.6. The minimum Gasteiger partial charge on any atom is -0.480 e. The summed E-state index contributed by atoms with van der Waals surface area (Å²) in [4.78, 5) is 28.9. The van der Waals surface area contributed by atoms with E-state index in [1.165, 1.54) is 0 Å². The summed E-state index contributed by atoms with van der Waals surface area (Å²) >= 11 is 12.4. The van der Waals surface area contributed by atoms with Crippen LogP contribution in [0, 0.1) is 0 Å². The fourth-order valence-electron chi connectivity index (χ4n) is 2.57. The Bertz CT molecular complexity index is 1020. The lowest BCUT2D eigenvalue weighted by molar-refractivity contribution is -0.140. The molecule has 1 aromatic carbocycles. The number of carboxylic acids is 1. The van der Waals surface area contributed by atoms with Crippen molar-refractivity contribution in [1.29, 1.82) is 0 Å². The third kappa shape index (κ3) is 2.98. The van der Waals surface area contributed by atoms with Crippen LogP contribution in [0.25, 0.3) is 17.0 Å². The number of amides is 1. The molecular weight excluding hydrogens is 400 g/mol. The Kier molecular flexibility index (Phi) is 4.22. The topological polar surface area (TPSA) is 89.0 Å². The number of thiocarbonyl (C=S) groups is 1. The predicted octanol–water partition coefficient (Wildman–Crippen LogP) is 2.90. The molecule has 10 heteroatoms. The third-order valence-electron chi connectivity index (χ3n) is 3.74. The van der Waals surface area contributed by atoms with Gasteiger partial charge in [0.1, 0.15) is 16.0 Å². The van der Waals surface area contributed by atoms with Gasteiger partial charge in [0.25, 0.3) is 5.91 Å². The summed E-state index contributed by atoms with van der Waals surface area (Å²) in [5.74, 6) is -0.392. The van der Waals surface area contributed by atoms with Gasteiger partial charge in [-0.15, -0.1) is 0 Å². The fraction of sp³-hybridized carbons (Fsp3) is 0.125. The molecule has 1 amide bonds. The number of fused-ring (bicyclic) bond motifs is 2. The molecule has 0 bridgehead atoms. The summed E-state index contributed by atoms with van der Waals surface area (Å²) in [7, 11) is 0. The summed E-state index contributed by atoms with van der Waals surface area (Å²) in [5.41, 5.74) is 1.16. The number of carboxylic acid groups (broad SMARTS) is 1. The highest BCUT2D eigenvalue weighted by Gasteiger charge is 2.33. The Hall–Kier alpha value is -2.36. The van der Waals surface area contributed by atoms with Crippen molar-refractivity contribution in [3.05, 3.63) is 33.8 Å². The van der Waals surface area contributed by atoms with Gasteiger partial charge in [-0.1, -0.05) is 35.6 Å². The quantitative estimate of drug-likeness (QED) is 0.471. The second kappa shape index (κ2) is 6.42. The molecule has 0 aliphatic carbocycles. The van der Waals surface area contributed by atoms with Crippen molar-refractivity contribution in [1.82, 2.24) is 9.88 Å². The van der Waals surface area contributed by atoms with Crippen LogP contribution in [0.2, 0.25) is 5.15 Å². The zero-order valence-electron chi connectivity index (χ0n) is 12.9. The van der Waals surface area contributed by atoms with Gasteiger partial charge < -0.3 is 14.6 Å². The number of ether oxygens (including phenoxy) is 2. The van der Waals surface area contributed by atoms with Gasteiger partial charge in [-0.05, 0) is 18.2 Å². The Morgan fingerprint density at radius 1 is 1.38 bits per heavy atom. The Balaban J connectivity index is 1.73.